The zero-order valence-corrected chi connectivity index (χ0v) is 11.5. The molecule has 0 aliphatic carbocycles. The summed E-state index contributed by atoms with van der Waals surface area (Å²) in [5.74, 6) is -1.65. The molecule has 0 spiro atoms. The summed E-state index contributed by atoms with van der Waals surface area (Å²) in [4.78, 5) is 33.9. The smallest absolute Gasteiger partial charge is 0.348 e. The van der Waals surface area contributed by atoms with Crippen LogP contribution >= 0.6 is 0 Å². The fourth-order valence-corrected chi connectivity index (χ4v) is 2.29. The van der Waals surface area contributed by atoms with Crippen LogP contribution in [0.2, 0.25) is 0 Å². The molecular weight excluding hydrogens is 260 g/mol. The zero-order valence-electron chi connectivity index (χ0n) is 11.5. The van der Waals surface area contributed by atoms with E-state index in [1.54, 1.807) is 27.0 Å². The lowest BCUT2D eigenvalue weighted by Crippen LogP contribution is -2.29. The topological polar surface area (TPSA) is 101 Å². The average molecular weight is 276 g/mol. The third-order valence-electron chi connectivity index (χ3n) is 3.37. The molecule has 1 unspecified atom stereocenters. The molecular formula is C13H16N4O3. The Balaban J connectivity index is 2.55. The molecule has 0 aromatic carbocycles. The van der Waals surface area contributed by atoms with Crippen molar-refractivity contribution in [2.75, 3.05) is 0 Å². The summed E-state index contributed by atoms with van der Waals surface area (Å²) in [6, 6.07) is 0. The van der Waals surface area contributed by atoms with E-state index in [0.29, 0.717) is 17.0 Å². The van der Waals surface area contributed by atoms with Crippen molar-refractivity contribution in [2.24, 2.45) is 0 Å². The number of carbonyl (C=O) groups is 1. The van der Waals surface area contributed by atoms with Gasteiger partial charge in [-0.2, -0.15) is 4.98 Å². The van der Waals surface area contributed by atoms with Crippen LogP contribution in [0.25, 0.3) is 0 Å². The Morgan fingerprint density at radius 2 is 2.20 bits per heavy atom. The number of nitrogens with one attached hydrogen (secondary N) is 1. The van der Waals surface area contributed by atoms with Crippen LogP contribution in [0, 0.1) is 13.8 Å². The molecule has 2 aromatic heterocycles. The van der Waals surface area contributed by atoms with E-state index >= 15 is 0 Å². The highest BCUT2D eigenvalue weighted by Crippen LogP contribution is 2.21. The van der Waals surface area contributed by atoms with E-state index in [1.807, 2.05) is 0 Å². The van der Waals surface area contributed by atoms with Crippen LogP contribution in [0.4, 0.5) is 0 Å². The van der Waals surface area contributed by atoms with Crippen molar-refractivity contribution in [1.29, 1.82) is 0 Å². The van der Waals surface area contributed by atoms with Crippen molar-refractivity contribution in [3.8, 4) is 0 Å². The monoisotopic (exact) mass is 276 g/mol. The van der Waals surface area contributed by atoms with Crippen molar-refractivity contribution in [1.82, 2.24) is 19.5 Å². The summed E-state index contributed by atoms with van der Waals surface area (Å²) in [6.45, 7) is 5.27. The van der Waals surface area contributed by atoms with Gasteiger partial charge < -0.3 is 10.1 Å². The van der Waals surface area contributed by atoms with Crippen LogP contribution in [0.1, 0.15) is 35.5 Å². The highest BCUT2D eigenvalue weighted by Gasteiger charge is 2.22. The Labute approximate surface area is 115 Å². The minimum atomic E-state index is -0.940. The first-order valence-electron chi connectivity index (χ1n) is 6.19. The molecule has 7 heteroatoms. The van der Waals surface area contributed by atoms with Gasteiger partial charge in [0.1, 0.15) is 0 Å². The average Bonchev–Trinajstić information content (AvgIpc) is 2.86. The first kappa shape index (κ1) is 14.0. The number of hydrogen-bond donors (Lipinski definition) is 2. The first-order chi connectivity index (χ1) is 9.41. The van der Waals surface area contributed by atoms with Gasteiger partial charge in [-0.1, -0.05) is 0 Å². The first-order valence-corrected chi connectivity index (χ1v) is 6.19. The van der Waals surface area contributed by atoms with Crippen LogP contribution in [0.5, 0.6) is 0 Å². The van der Waals surface area contributed by atoms with Gasteiger partial charge in [0.05, 0.1) is 24.5 Å². The number of rotatable bonds is 4. The molecule has 0 amide bonds. The molecule has 0 bridgehead atoms. The van der Waals surface area contributed by atoms with Gasteiger partial charge in [-0.05, 0) is 20.8 Å². The molecule has 0 fully saturated rings. The lowest BCUT2D eigenvalue weighted by molar-refractivity contribution is -0.138. The molecule has 2 rings (SSSR count). The van der Waals surface area contributed by atoms with E-state index in [0.717, 1.165) is 5.69 Å². The summed E-state index contributed by atoms with van der Waals surface area (Å²) in [5, 5.41) is 9.17. The van der Waals surface area contributed by atoms with Gasteiger partial charge in [-0.15, -0.1) is 0 Å². The molecule has 1 atom stereocenters. The Bertz CT molecular complexity index is 688. The SMILES string of the molecule is Cc1nc(=O)n(Cc2cnc[nH]2)c(C)c1C(C)C(=O)O. The van der Waals surface area contributed by atoms with Crippen LogP contribution < -0.4 is 5.69 Å². The highest BCUT2D eigenvalue weighted by molar-refractivity contribution is 5.76. The number of hydrogen-bond acceptors (Lipinski definition) is 4. The molecule has 0 radical (unpaired) electrons. The predicted molar refractivity (Wildman–Crippen MR) is 71.7 cm³/mol. The van der Waals surface area contributed by atoms with Gasteiger partial charge in [0.25, 0.3) is 0 Å². The number of carboxylic acid groups (broad SMARTS) is 1. The van der Waals surface area contributed by atoms with E-state index in [1.165, 1.54) is 10.9 Å². The standard InChI is InChI=1S/C13H16N4O3/c1-7(12(18)19)11-8(2)16-13(20)17(9(11)3)5-10-4-14-6-15-10/h4,6-7H,5H2,1-3H3,(H,14,15)(H,18,19). The van der Waals surface area contributed by atoms with Gasteiger partial charge in [-0.25, -0.2) is 9.78 Å². The zero-order chi connectivity index (χ0) is 14.9. The summed E-state index contributed by atoms with van der Waals surface area (Å²) < 4.78 is 1.45. The largest absolute Gasteiger partial charge is 0.481 e. The lowest BCUT2D eigenvalue weighted by atomic mass is 9.98. The van der Waals surface area contributed by atoms with Gasteiger partial charge in [0, 0.05) is 23.1 Å². The summed E-state index contributed by atoms with van der Waals surface area (Å²) in [5.41, 5.74) is 2.03. The van der Waals surface area contributed by atoms with Gasteiger partial charge in [0.15, 0.2) is 0 Å². The third kappa shape index (κ3) is 2.47. The number of aromatic nitrogens is 4. The van der Waals surface area contributed by atoms with E-state index in [9.17, 15) is 9.59 Å². The molecule has 20 heavy (non-hydrogen) atoms. The van der Waals surface area contributed by atoms with Crippen molar-refractivity contribution >= 4 is 5.97 Å². The van der Waals surface area contributed by atoms with E-state index in [4.69, 9.17) is 5.11 Å². The van der Waals surface area contributed by atoms with Crippen molar-refractivity contribution < 1.29 is 9.90 Å². The van der Waals surface area contributed by atoms with Crippen molar-refractivity contribution in [3.63, 3.8) is 0 Å². The number of aliphatic carboxylic acids is 1. The minimum Gasteiger partial charge on any atom is -0.481 e. The van der Waals surface area contributed by atoms with Crippen LogP contribution in [-0.2, 0) is 11.3 Å². The number of nitrogens with zero attached hydrogens (tertiary/aromatic N) is 3. The Morgan fingerprint density at radius 3 is 2.75 bits per heavy atom. The molecule has 0 aliphatic heterocycles. The molecule has 106 valence electrons. The maximum atomic E-state index is 12.0. The van der Waals surface area contributed by atoms with Gasteiger partial charge in [-0.3, -0.25) is 9.36 Å². The second kappa shape index (κ2) is 5.28. The molecule has 2 N–H and O–H groups in total. The minimum absolute atomic E-state index is 0.289. The van der Waals surface area contributed by atoms with E-state index < -0.39 is 17.6 Å². The van der Waals surface area contributed by atoms with Crippen LogP contribution in [-0.4, -0.2) is 30.6 Å². The van der Waals surface area contributed by atoms with E-state index in [-0.39, 0.29) is 6.54 Å². The normalized spacial score (nSPS) is 12.3. The molecule has 2 heterocycles. The van der Waals surface area contributed by atoms with Crippen LogP contribution in [0.15, 0.2) is 17.3 Å². The summed E-state index contributed by atoms with van der Waals surface area (Å²) in [6.07, 6.45) is 3.14. The van der Waals surface area contributed by atoms with Gasteiger partial charge >= 0.3 is 11.7 Å². The van der Waals surface area contributed by atoms with Gasteiger partial charge in [0.2, 0.25) is 0 Å². The maximum Gasteiger partial charge on any atom is 0.348 e. The van der Waals surface area contributed by atoms with Crippen LogP contribution in [0.3, 0.4) is 0 Å². The highest BCUT2D eigenvalue weighted by atomic mass is 16.4. The Morgan fingerprint density at radius 1 is 1.50 bits per heavy atom. The fraction of sp³-hybridized carbons (Fsp3) is 0.385. The second-order valence-electron chi connectivity index (χ2n) is 4.70. The third-order valence-corrected chi connectivity index (χ3v) is 3.37. The quantitative estimate of drug-likeness (QED) is 0.861. The second-order valence-corrected chi connectivity index (χ2v) is 4.70. The van der Waals surface area contributed by atoms with Crippen molar-refractivity contribution in [2.45, 2.75) is 33.2 Å². The Kier molecular flexibility index (Phi) is 3.69. The Hall–Kier alpha value is -2.44. The number of aromatic amines is 1. The number of carboxylic acids is 1. The molecule has 0 saturated heterocycles. The summed E-state index contributed by atoms with van der Waals surface area (Å²) in [7, 11) is 0. The van der Waals surface area contributed by atoms with E-state index in [2.05, 4.69) is 15.0 Å². The van der Waals surface area contributed by atoms with Crippen molar-refractivity contribution in [3.05, 3.63) is 45.7 Å². The number of imidazole rings is 1. The predicted octanol–water partition coefficient (Wildman–Crippen LogP) is 0.820. The molecule has 0 saturated carbocycles. The maximum absolute atomic E-state index is 12.0. The molecule has 0 aliphatic rings. The lowest BCUT2D eigenvalue weighted by Gasteiger charge is -2.17. The summed E-state index contributed by atoms with van der Waals surface area (Å²) >= 11 is 0. The number of aryl methyl sites for hydroxylation is 1. The fourth-order valence-electron chi connectivity index (χ4n) is 2.29. The number of H-pyrrole nitrogens is 1. The molecule has 7 nitrogen and oxygen atoms in total. The molecule has 2 aromatic rings.